The SMILES string of the molecule is COCCNC(=O)CCNC1C2CCCOC2C1(C)C. The second-order valence-corrected chi connectivity index (χ2v) is 6.44. The first-order chi connectivity index (χ1) is 9.57. The molecule has 1 heterocycles. The molecular formula is C15H28N2O3. The number of amides is 1. The van der Waals surface area contributed by atoms with Gasteiger partial charge in [0.1, 0.15) is 0 Å². The second-order valence-electron chi connectivity index (χ2n) is 6.44. The van der Waals surface area contributed by atoms with Crippen LogP contribution in [0.1, 0.15) is 33.1 Å². The fourth-order valence-electron chi connectivity index (χ4n) is 3.66. The van der Waals surface area contributed by atoms with Crippen LogP contribution in [0, 0.1) is 11.3 Å². The number of hydrogen-bond donors (Lipinski definition) is 2. The first kappa shape index (κ1) is 15.7. The molecule has 1 amide bonds. The Bertz CT molecular complexity index is 333. The highest BCUT2D eigenvalue weighted by Gasteiger charge is 2.57. The molecule has 2 aliphatic rings. The largest absolute Gasteiger partial charge is 0.383 e. The molecule has 0 aromatic heterocycles. The van der Waals surface area contributed by atoms with E-state index in [1.54, 1.807) is 7.11 Å². The standard InChI is InChI=1S/C15H28N2O3/c1-15(2)13(11-5-4-9-20-14(11)15)17-7-6-12(18)16-8-10-19-3/h11,13-14,17H,4-10H2,1-3H3,(H,16,18). The number of rotatable bonds is 7. The van der Waals surface area contributed by atoms with Crippen molar-refractivity contribution in [3.63, 3.8) is 0 Å². The Kier molecular flexibility index (Phi) is 5.41. The number of carbonyl (C=O) groups excluding carboxylic acids is 1. The van der Waals surface area contributed by atoms with Crippen LogP contribution in [0.15, 0.2) is 0 Å². The van der Waals surface area contributed by atoms with Crippen molar-refractivity contribution >= 4 is 5.91 Å². The maximum atomic E-state index is 11.6. The van der Waals surface area contributed by atoms with Gasteiger partial charge in [0, 0.05) is 50.6 Å². The molecule has 20 heavy (non-hydrogen) atoms. The molecule has 5 nitrogen and oxygen atoms in total. The molecule has 116 valence electrons. The number of hydrogen-bond acceptors (Lipinski definition) is 4. The lowest BCUT2D eigenvalue weighted by Gasteiger charge is -2.60. The van der Waals surface area contributed by atoms with E-state index in [1.165, 1.54) is 6.42 Å². The van der Waals surface area contributed by atoms with Gasteiger partial charge in [-0.3, -0.25) is 4.79 Å². The number of ether oxygens (including phenoxy) is 2. The monoisotopic (exact) mass is 284 g/mol. The Morgan fingerprint density at radius 3 is 2.95 bits per heavy atom. The van der Waals surface area contributed by atoms with Gasteiger partial charge in [0.05, 0.1) is 12.7 Å². The van der Waals surface area contributed by atoms with Crippen molar-refractivity contribution in [1.82, 2.24) is 10.6 Å². The quantitative estimate of drug-likeness (QED) is 0.683. The lowest BCUT2D eigenvalue weighted by atomic mass is 9.55. The van der Waals surface area contributed by atoms with E-state index in [9.17, 15) is 4.79 Å². The summed E-state index contributed by atoms with van der Waals surface area (Å²) in [6.45, 7) is 7.31. The van der Waals surface area contributed by atoms with Crippen molar-refractivity contribution in [3.8, 4) is 0 Å². The van der Waals surface area contributed by atoms with E-state index in [0.717, 1.165) is 19.6 Å². The highest BCUT2D eigenvalue weighted by molar-refractivity contribution is 5.76. The van der Waals surface area contributed by atoms with Crippen molar-refractivity contribution < 1.29 is 14.3 Å². The van der Waals surface area contributed by atoms with Crippen LogP contribution >= 0.6 is 0 Å². The molecule has 1 aliphatic heterocycles. The van der Waals surface area contributed by atoms with Gasteiger partial charge in [-0.25, -0.2) is 0 Å². The highest BCUT2D eigenvalue weighted by atomic mass is 16.5. The number of methoxy groups -OCH3 is 1. The van der Waals surface area contributed by atoms with Crippen LogP contribution in [0.3, 0.4) is 0 Å². The van der Waals surface area contributed by atoms with Crippen LogP contribution in [-0.4, -0.2) is 51.5 Å². The zero-order valence-electron chi connectivity index (χ0n) is 12.9. The lowest BCUT2D eigenvalue weighted by molar-refractivity contribution is -0.192. The van der Waals surface area contributed by atoms with Crippen molar-refractivity contribution in [1.29, 1.82) is 0 Å². The van der Waals surface area contributed by atoms with Crippen molar-refractivity contribution in [3.05, 3.63) is 0 Å². The Labute approximate surface area is 121 Å². The number of carbonyl (C=O) groups is 1. The summed E-state index contributed by atoms with van der Waals surface area (Å²) in [5, 5.41) is 6.40. The minimum atomic E-state index is 0.0862. The molecule has 5 heteroatoms. The maximum absolute atomic E-state index is 11.6. The minimum absolute atomic E-state index is 0.0862. The topological polar surface area (TPSA) is 59.6 Å². The van der Waals surface area contributed by atoms with E-state index in [2.05, 4.69) is 24.5 Å². The molecule has 1 aliphatic carbocycles. The molecule has 0 bridgehead atoms. The third kappa shape index (κ3) is 3.32. The summed E-state index contributed by atoms with van der Waals surface area (Å²) in [7, 11) is 1.63. The zero-order valence-corrected chi connectivity index (χ0v) is 12.9. The van der Waals surface area contributed by atoms with Gasteiger partial charge in [0.25, 0.3) is 0 Å². The lowest BCUT2D eigenvalue weighted by Crippen LogP contribution is -2.69. The van der Waals surface area contributed by atoms with E-state index in [0.29, 0.717) is 37.6 Å². The van der Waals surface area contributed by atoms with Gasteiger partial charge in [-0.2, -0.15) is 0 Å². The average molecular weight is 284 g/mol. The fraction of sp³-hybridized carbons (Fsp3) is 0.933. The molecule has 0 aromatic rings. The predicted octanol–water partition coefficient (Wildman–Crippen LogP) is 0.932. The molecule has 2 N–H and O–H groups in total. The van der Waals surface area contributed by atoms with Crippen LogP contribution in [0.5, 0.6) is 0 Å². The van der Waals surface area contributed by atoms with E-state index < -0.39 is 0 Å². The summed E-state index contributed by atoms with van der Waals surface area (Å²) >= 11 is 0. The Hall–Kier alpha value is -0.650. The average Bonchev–Trinajstić information content (AvgIpc) is 2.44. The Balaban J connectivity index is 1.67. The molecule has 1 saturated heterocycles. The maximum Gasteiger partial charge on any atom is 0.221 e. The molecular weight excluding hydrogens is 256 g/mol. The van der Waals surface area contributed by atoms with Crippen LogP contribution in [0.25, 0.3) is 0 Å². The summed E-state index contributed by atoms with van der Waals surface area (Å²) in [4.78, 5) is 11.6. The third-order valence-electron chi connectivity index (χ3n) is 4.68. The summed E-state index contributed by atoms with van der Waals surface area (Å²) in [6, 6.07) is 0.472. The molecule has 3 atom stereocenters. The number of nitrogens with one attached hydrogen (secondary N) is 2. The molecule has 3 unspecified atom stereocenters. The Morgan fingerprint density at radius 1 is 1.40 bits per heavy atom. The van der Waals surface area contributed by atoms with Gasteiger partial charge < -0.3 is 20.1 Å². The molecule has 2 fully saturated rings. The molecule has 2 rings (SSSR count). The molecule has 1 saturated carbocycles. The van der Waals surface area contributed by atoms with Gasteiger partial charge >= 0.3 is 0 Å². The highest BCUT2D eigenvalue weighted by Crippen LogP contribution is 2.51. The van der Waals surface area contributed by atoms with Crippen LogP contribution in [0.4, 0.5) is 0 Å². The van der Waals surface area contributed by atoms with Crippen molar-refractivity contribution in [2.75, 3.05) is 33.4 Å². The van der Waals surface area contributed by atoms with E-state index >= 15 is 0 Å². The summed E-state index contributed by atoms with van der Waals surface area (Å²) in [6.07, 6.45) is 3.32. The fourth-order valence-corrected chi connectivity index (χ4v) is 3.66. The zero-order chi connectivity index (χ0) is 14.6. The Morgan fingerprint density at radius 2 is 2.20 bits per heavy atom. The molecule has 0 spiro atoms. The smallest absolute Gasteiger partial charge is 0.221 e. The van der Waals surface area contributed by atoms with Gasteiger partial charge in [0.15, 0.2) is 0 Å². The third-order valence-corrected chi connectivity index (χ3v) is 4.68. The van der Waals surface area contributed by atoms with Crippen LogP contribution < -0.4 is 10.6 Å². The summed E-state index contributed by atoms with van der Waals surface area (Å²) in [5.74, 6) is 0.707. The first-order valence-electron chi connectivity index (χ1n) is 7.68. The summed E-state index contributed by atoms with van der Waals surface area (Å²) in [5.41, 5.74) is 0.178. The minimum Gasteiger partial charge on any atom is -0.383 e. The number of fused-ring (bicyclic) bond motifs is 1. The van der Waals surface area contributed by atoms with Gasteiger partial charge in [0.2, 0.25) is 5.91 Å². The van der Waals surface area contributed by atoms with Gasteiger partial charge in [-0.15, -0.1) is 0 Å². The van der Waals surface area contributed by atoms with Crippen molar-refractivity contribution in [2.45, 2.75) is 45.3 Å². The molecule has 0 aromatic carbocycles. The van der Waals surface area contributed by atoms with Gasteiger partial charge in [-0.1, -0.05) is 13.8 Å². The second kappa shape index (κ2) is 6.87. The van der Waals surface area contributed by atoms with E-state index in [-0.39, 0.29) is 11.3 Å². The van der Waals surface area contributed by atoms with E-state index in [1.807, 2.05) is 0 Å². The first-order valence-corrected chi connectivity index (χ1v) is 7.68. The predicted molar refractivity (Wildman–Crippen MR) is 77.5 cm³/mol. The van der Waals surface area contributed by atoms with E-state index in [4.69, 9.17) is 9.47 Å². The van der Waals surface area contributed by atoms with Crippen LogP contribution in [0.2, 0.25) is 0 Å². The molecule has 0 radical (unpaired) electrons. The summed E-state index contributed by atoms with van der Waals surface area (Å²) < 4.78 is 10.8. The normalized spacial score (nSPS) is 31.2. The van der Waals surface area contributed by atoms with Crippen LogP contribution in [-0.2, 0) is 14.3 Å². The van der Waals surface area contributed by atoms with Crippen molar-refractivity contribution in [2.24, 2.45) is 11.3 Å². The van der Waals surface area contributed by atoms with Gasteiger partial charge in [-0.05, 0) is 12.8 Å².